The van der Waals surface area contributed by atoms with Crippen LogP contribution in [0.25, 0.3) is 0 Å². The van der Waals surface area contributed by atoms with Crippen LogP contribution in [-0.4, -0.2) is 19.3 Å². The minimum Gasteiger partial charge on any atom is -0.383 e. The molecule has 0 heterocycles. The normalized spacial score (nSPS) is 10.8. The molecule has 0 radical (unpaired) electrons. The summed E-state index contributed by atoms with van der Waals surface area (Å²) in [5.41, 5.74) is 5.79. The monoisotopic (exact) mass is 167 g/mol. The van der Waals surface area contributed by atoms with Crippen molar-refractivity contribution < 1.29 is 4.74 Å². The second-order valence-electron chi connectivity index (χ2n) is 2.50. The van der Waals surface area contributed by atoms with Crippen molar-refractivity contribution in [2.24, 2.45) is 5.73 Å². The van der Waals surface area contributed by atoms with E-state index >= 15 is 0 Å². The van der Waals surface area contributed by atoms with Crippen LogP contribution in [0.5, 0.6) is 0 Å². The van der Waals surface area contributed by atoms with E-state index in [9.17, 15) is 0 Å². The van der Waals surface area contributed by atoms with Crippen molar-refractivity contribution >= 4 is 12.4 Å². The molecule has 0 bridgehead atoms. The SMILES string of the molecule is CCC(N)(CC)COC.Cl. The minimum absolute atomic E-state index is 0. The molecule has 3 heteroatoms. The van der Waals surface area contributed by atoms with Crippen molar-refractivity contribution in [3.63, 3.8) is 0 Å². The summed E-state index contributed by atoms with van der Waals surface area (Å²) in [7, 11) is 1.69. The Labute approximate surface area is 69.5 Å². The first-order chi connectivity index (χ1) is 4.18. The molecular weight excluding hydrogens is 150 g/mol. The molecule has 0 aliphatic rings. The van der Waals surface area contributed by atoms with Gasteiger partial charge in [0.05, 0.1) is 6.61 Å². The first-order valence-corrected chi connectivity index (χ1v) is 3.46. The highest BCUT2D eigenvalue weighted by Crippen LogP contribution is 2.10. The maximum absolute atomic E-state index is 5.88. The molecule has 0 aliphatic heterocycles. The molecule has 2 N–H and O–H groups in total. The fourth-order valence-electron chi connectivity index (χ4n) is 0.742. The van der Waals surface area contributed by atoms with Gasteiger partial charge < -0.3 is 10.5 Å². The summed E-state index contributed by atoms with van der Waals surface area (Å²) in [6.07, 6.45) is 1.97. The van der Waals surface area contributed by atoms with Crippen molar-refractivity contribution in [3.8, 4) is 0 Å². The van der Waals surface area contributed by atoms with Gasteiger partial charge in [0.1, 0.15) is 0 Å². The summed E-state index contributed by atoms with van der Waals surface area (Å²) in [6.45, 7) is 4.84. The number of methoxy groups -OCH3 is 1. The number of halogens is 1. The molecule has 0 rings (SSSR count). The molecule has 0 unspecified atom stereocenters. The fraction of sp³-hybridized carbons (Fsp3) is 1.00. The molecule has 0 aromatic heterocycles. The van der Waals surface area contributed by atoms with Crippen LogP contribution in [-0.2, 0) is 4.74 Å². The zero-order chi connectivity index (χ0) is 7.33. The number of hydrogen-bond acceptors (Lipinski definition) is 2. The maximum Gasteiger partial charge on any atom is 0.0642 e. The minimum atomic E-state index is -0.0885. The Balaban J connectivity index is 0. The quantitative estimate of drug-likeness (QED) is 0.690. The Hall–Kier alpha value is 0.210. The van der Waals surface area contributed by atoms with E-state index in [-0.39, 0.29) is 17.9 Å². The summed E-state index contributed by atoms with van der Waals surface area (Å²) in [4.78, 5) is 0. The van der Waals surface area contributed by atoms with Gasteiger partial charge in [-0.2, -0.15) is 0 Å². The maximum atomic E-state index is 5.88. The zero-order valence-corrected chi connectivity index (χ0v) is 7.83. The molecule has 0 aromatic carbocycles. The molecule has 0 amide bonds. The molecule has 64 valence electrons. The Kier molecular flexibility index (Phi) is 7.65. The van der Waals surface area contributed by atoms with Gasteiger partial charge >= 0.3 is 0 Å². The Morgan fingerprint density at radius 3 is 1.80 bits per heavy atom. The van der Waals surface area contributed by atoms with Crippen molar-refractivity contribution in [3.05, 3.63) is 0 Å². The van der Waals surface area contributed by atoms with Crippen molar-refractivity contribution in [1.82, 2.24) is 0 Å². The van der Waals surface area contributed by atoms with Crippen LogP contribution < -0.4 is 5.73 Å². The molecular formula is C7H18ClNO. The largest absolute Gasteiger partial charge is 0.383 e. The predicted molar refractivity (Wildman–Crippen MR) is 46.6 cm³/mol. The highest BCUT2D eigenvalue weighted by atomic mass is 35.5. The first kappa shape index (κ1) is 12.8. The summed E-state index contributed by atoms with van der Waals surface area (Å²) in [5.74, 6) is 0. The fourth-order valence-corrected chi connectivity index (χ4v) is 0.742. The van der Waals surface area contributed by atoms with Crippen LogP contribution in [0.15, 0.2) is 0 Å². The summed E-state index contributed by atoms with van der Waals surface area (Å²) < 4.78 is 4.96. The summed E-state index contributed by atoms with van der Waals surface area (Å²) in [6, 6.07) is 0. The smallest absolute Gasteiger partial charge is 0.0642 e. The van der Waals surface area contributed by atoms with Gasteiger partial charge in [-0.15, -0.1) is 12.4 Å². The average molecular weight is 168 g/mol. The van der Waals surface area contributed by atoms with E-state index in [0.29, 0.717) is 6.61 Å². The zero-order valence-electron chi connectivity index (χ0n) is 7.02. The van der Waals surface area contributed by atoms with Gasteiger partial charge in [-0.05, 0) is 12.8 Å². The third kappa shape index (κ3) is 4.09. The Morgan fingerprint density at radius 2 is 1.70 bits per heavy atom. The molecule has 0 atom stereocenters. The Morgan fingerprint density at radius 1 is 1.30 bits per heavy atom. The Bertz CT molecular complexity index is 74.0. The molecule has 0 saturated carbocycles. The average Bonchev–Trinajstić information content (AvgIpc) is 1.89. The van der Waals surface area contributed by atoms with E-state index < -0.39 is 0 Å². The van der Waals surface area contributed by atoms with E-state index in [1.165, 1.54) is 0 Å². The number of ether oxygens (including phenoxy) is 1. The molecule has 0 aliphatic carbocycles. The van der Waals surface area contributed by atoms with Crippen LogP contribution in [0.2, 0.25) is 0 Å². The number of nitrogens with two attached hydrogens (primary N) is 1. The first-order valence-electron chi connectivity index (χ1n) is 3.46. The highest BCUT2D eigenvalue weighted by molar-refractivity contribution is 5.85. The van der Waals surface area contributed by atoms with Gasteiger partial charge in [-0.25, -0.2) is 0 Å². The third-order valence-electron chi connectivity index (χ3n) is 1.84. The lowest BCUT2D eigenvalue weighted by atomic mass is 9.96. The topological polar surface area (TPSA) is 35.2 Å². The summed E-state index contributed by atoms with van der Waals surface area (Å²) in [5, 5.41) is 0. The van der Waals surface area contributed by atoms with Crippen LogP contribution >= 0.6 is 12.4 Å². The van der Waals surface area contributed by atoms with Crippen LogP contribution in [0.3, 0.4) is 0 Å². The molecule has 0 aromatic rings. The van der Waals surface area contributed by atoms with Gasteiger partial charge in [-0.3, -0.25) is 0 Å². The molecule has 0 spiro atoms. The molecule has 2 nitrogen and oxygen atoms in total. The predicted octanol–water partition coefficient (Wildman–Crippen LogP) is 1.57. The van der Waals surface area contributed by atoms with Gasteiger partial charge in [0.15, 0.2) is 0 Å². The van der Waals surface area contributed by atoms with E-state index in [0.717, 1.165) is 12.8 Å². The van der Waals surface area contributed by atoms with Crippen LogP contribution in [0.1, 0.15) is 26.7 Å². The lowest BCUT2D eigenvalue weighted by Crippen LogP contribution is -2.42. The van der Waals surface area contributed by atoms with Crippen molar-refractivity contribution in [2.75, 3.05) is 13.7 Å². The van der Waals surface area contributed by atoms with Gasteiger partial charge in [0, 0.05) is 12.6 Å². The van der Waals surface area contributed by atoms with E-state index in [1.54, 1.807) is 7.11 Å². The third-order valence-corrected chi connectivity index (χ3v) is 1.84. The second-order valence-corrected chi connectivity index (χ2v) is 2.50. The standard InChI is InChI=1S/C7H17NO.ClH/c1-4-7(8,5-2)6-9-3;/h4-6,8H2,1-3H3;1H. The lowest BCUT2D eigenvalue weighted by molar-refractivity contribution is 0.127. The number of rotatable bonds is 4. The van der Waals surface area contributed by atoms with Crippen molar-refractivity contribution in [1.29, 1.82) is 0 Å². The van der Waals surface area contributed by atoms with Gasteiger partial charge in [0.2, 0.25) is 0 Å². The lowest BCUT2D eigenvalue weighted by Gasteiger charge is -2.24. The van der Waals surface area contributed by atoms with Gasteiger partial charge in [-0.1, -0.05) is 13.8 Å². The van der Waals surface area contributed by atoms with Crippen LogP contribution in [0.4, 0.5) is 0 Å². The van der Waals surface area contributed by atoms with Crippen LogP contribution in [0, 0.1) is 0 Å². The molecule has 0 fully saturated rings. The molecule has 0 saturated heterocycles. The summed E-state index contributed by atoms with van der Waals surface area (Å²) >= 11 is 0. The van der Waals surface area contributed by atoms with Gasteiger partial charge in [0.25, 0.3) is 0 Å². The number of hydrogen-bond donors (Lipinski definition) is 1. The van der Waals surface area contributed by atoms with E-state index in [2.05, 4.69) is 13.8 Å². The van der Waals surface area contributed by atoms with Crippen molar-refractivity contribution in [2.45, 2.75) is 32.2 Å². The molecule has 10 heavy (non-hydrogen) atoms. The second kappa shape index (κ2) is 5.96. The van der Waals surface area contributed by atoms with E-state index in [1.807, 2.05) is 0 Å². The highest BCUT2D eigenvalue weighted by Gasteiger charge is 2.18. The van der Waals surface area contributed by atoms with E-state index in [4.69, 9.17) is 10.5 Å².